The molecule has 0 aromatic rings. The van der Waals surface area contributed by atoms with Crippen LogP contribution in [0.5, 0.6) is 0 Å². The molecule has 25 heavy (non-hydrogen) atoms. The first-order chi connectivity index (χ1) is 11.9. The maximum absolute atomic E-state index is 3.87. The molecule has 144 valence electrons. The van der Waals surface area contributed by atoms with Crippen LogP contribution in [0.2, 0.25) is 0 Å². The van der Waals surface area contributed by atoms with Gasteiger partial charge in [0.25, 0.3) is 0 Å². The second-order valence-electron chi connectivity index (χ2n) is 11.2. The zero-order chi connectivity index (χ0) is 17.8. The van der Waals surface area contributed by atoms with Crippen molar-refractivity contribution in [1.29, 1.82) is 0 Å². The first-order valence-corrected chi connectivity index (χ1v) is 11.6. The molecule has 8 atom stereocenters. The van der Waals surface area contributed by atoms with E-state index >= 15 is 0 Å². The van der Waals surface area contributed by atoms with Crippen LogP contribution >= 0.6 is 0 Å². The van der Waals surface area contributed by atoms with E-state index in [0.29, 0.717) is 22.9 Å². The molecule has 0 spiro atoms. The summed E-state index contributed by atoms with van der Waals surface area (Å²) in [5, 5.41) is 3.87. The summed E-state index contributed by atoms with van der Waals surface area (Å²) in [7, 11) is 0. The van der Waals surface area contributed by atoms with Gasteiger partial charge < -0.3 is 5.32 Å². The average molecular weight is 346 g/mol. The minimum Gasteiger partial charge on any atom is -0.312 e. The average Bonchev–Trinajstić information content (AvgIpc) is 2.91. The highest BCUT2D eigenvalue weighted by molar-refractivity contribution is 5.09. The molecule has 0 amide bonds. The third kappa shape index (κ3) is 2.82. The maximum Gasteiger partial charge on any atom is 0.00746 e. The van der Waals surface area contributed by atoms with E-state index in [0.717, 1.165) is 29.6 Å². The van der Waals surface area contributed by atoms with Gasteiger partial charge in [0, 0.05) is 12.1 Å². The standard InChI is InChI=1S/C24H43N/c1-16(2)25-17(3)20-11-12-21-19-10-9-18-8-6-7-14-23(18,4)22(19)13-15-24(20,21)5/h16-22,25H,6-15H2,1-5H3. The van der Waals surface area contributed by atoms with E-state index in [1.165, 1.54) is 44.9 Å². The van der Waals surface area contributed by atoms with E-state index in [9.17, 15) is 0 Å². The SMILES string of the molecule is CC(C)NC(C)C1CCC2C3CCC4CCCCC4(C)C3CCC12C. The molecule has 0 aromatic carbocycles. The monoisotopic (exact) mass is 345 g/mol. The van der Waals surface area contributed by atoms with Crippen LogP contribution < -0.4 is 5.32 Å². The Morgan fingerprint density at radius 3 is 2.28 bits per heavy atom. The van der Waals surface area contributed by atoms with Crippen LogP contribution in [0.4, 0.5) is 0 Å². The van der Waals surface area contributed by atoms with Crippen LogP contribution in [0, 0.1) is 40.4 Å². The van der Waals surface area contributed by atoms with Gasteiger partial charge in [-0.3, -0.25) is 0 Å². The Bertz CT molecular complexity index is 484. The molecule has 4 rings (SSSR count). The van der Waals surface area contributed by atoms with Gasteiger partial charge in [0.1, 0.15) is 0 Å². The highest BCUT2D eigenvalue weighted by Crippen LogP contribution is 2.67. The smallest absolute Gasteiger partial charge is 0.00746 e. The van der Waals surface area contributed by atoms with Gasteiger partial charge in [-0.05, 0) is 98.7 Å². The quantitative estimate of drug-likeness (QED) is 0.622. The summed E-state index contributed by atoms with van der Waals surface area (Å²) in [4.78, 5) is 0. The predicted molar refractivity (Wildman–Crippen MR) is 108 cm³/mol. The number of nitrogens with one attached hydrogen (secondary N) is 1. The predicted octanol–water partition coefficient (Wildman–Crippen LogP) is 6.42. The van der Waals surface area contributed by atoms with E-state index in [4.69, 9.17) is 0 Å². The molecule has 1 heteroatoms. The Kier molecular flexibility index (Phi) is 4.79. The number of rotatable bonds is 3. The molecule has 0 bridgehead atoms. The second kappa shape index (κ2) is 6.54. The van der Waals surface area contributed by atoms with Gasteiger partial charge in [0.2, 0.25) is 0 Å². The number of fused-ring (bicyclic) bond motifs is 5. The van der Waals surface area contributed by atoms with Crippen LogP contribution in [0.25, 0.3) is 0 Å². The molecule has 1 N–H and O–H groups in total. The van der Waals surface area contributed by atoms with Crippen LogP contribution in [-0.4, -0.2) is 12.1 Å². The molecule has 0 saturated heterocycles. The zero-order valence-electron chi connectivity index (χ0n) is 17.6. The van der Waals surface area contributed by atoms with Gasteiger partial charge in [0.15, 0.2) is 0 Å². The van der Waals surface area contributed by atoms with Crippen LogP contribution in [0.1, 0.15) is 98.8 Å². The van der Waals surface area contributed by atoms with Crippen molar-refractivity contribution < 1.29 is 0 Å². The highest BCUT2D eigenvalue weighted by atomic mass is 14.9. The van der Waals surface area contributed by atoms with Crippen molar-refractivity contribution in [3.8, 4) is 0 Å². The summed E-state index contributed by atoms with van der Waals surface area (Å²) in [5.41, 5.74) is 1.31. The zero-order valence-corrected chi connectivity index (χ0v) is 17.6. The Morgan fingerprint density at radius 1 is 0.760 bits per heavy atom. The van der Waals surface area contributed by atoms with Crippen molar-refractivity contribution in [1.82, 2.24) is 5.32 Å². The van der Waals surface area contributed by atoms with E-state index in [1.807, 2.05) is 0 Å². The van der Waals surface area contributed by atoms with Crippen molar-refractivity contribution in [3.05, 3.63) is 0 Å². The van der Waals surface area contributed by atoms with E-state index in [-0.39, 0.29) is 0 Å². The summed E-state index contributed by atoms with van der Waals surface area (Å²) in [6.07, 6.45) is 15.3. The molecular weight excluding hydrogens is 302 g/mol. The van der Waals surface area contributed by atoms with Gasteiger partial charge >= 0.3 is 0 Å². The molecule has 0 radical (unpaired) electrons. The summed E-state index contributed by atoms with van der Waals surface area (Å²) >= 11 is 0. The number of hydrogen-bond donors (Lipinski definition) is 1. The van der Waals surface area contributed by atoms with Crippen LogP contribution in [0.3, 0.4) is 0 Å². The molecule has 8 unspecified atom stereocenters. The van der Waals surface area contributed by atoms with E-state index in [2.05, 4.69) is 39.9 Å². The van der Waals surface area contributed by atoms with Crippen molar-refractivity contribution in [2.45, 2.75) is 111 Å². The summed E-state index contributed by atoms with van der Waals surface area (Å²) < 4.78 is 0. The lowest BCUT2D eigenvalue weighted by Crippen LogP contribution is -2.54. The van der Waals surface area contributed by atoms with Gasteiger partial charge in [-0.2, -0.15) is 0 Å². The normalized spacial score (nSPS) is 50.9. The Balaban J connectivity index is 1.55. The van der Waals surface area contributed by atoms with Gasteiger partial charge in [-0.1, -0.05) is 40.5 Å². The molecule has 0 aromatic heterocycles. The molecule has 4 fully saturated rings. The molecule has 4 aliphatic carbocycles. The van der Waals surface area contributed by atoms with Gasteiger partial charge in [0.05, 0.1) is 0 Å². The van der Waals surface area contributed by atoms with Crippen molar-refractivity contribution in [2.75, 3.05) is 0 Å². The summed E-state index contributed by atoms with van der Waals surface area (Å²) in [5.74, 6) is 5.08. The molecule has 0 heterocycles. The van der Waals surface area contributed by atoms with Gasteiger partial charge in [-0.25, -0.2) is 0 Å². The third-order valence-electron chi connectivity index (χ3n) is 9.86. The maximum atomic E-state index is 3.87. The molecular formula is C24H43N. The first kappa shape index (κ1) is 18.3. The second-order valence-corrected chi connectivity index (χ2v) is 11.2. The molecule has 0 aliphatic heterocycles. The van der Waals surface area contributed by atoms with E-state index in [1.54, 1.807) is 19.3 Å². The van der Waals surface area contributed by atoms with E-state index < -0.39 is 0 Å². The van der Waals surface area contributed by atoms with Gasteiger partial charge in [-0.15, -0.1) is 0 Å². The highest BCUT2D eigenvalue weighted by Gasteiger charge is 2.60. The van der Waals surface area contributed by atoms with Crippen molar-refractivity contribution >= 4 is 0 Å². The third-order valence-corrected chi connectivity index (χ3v) is 9.86. The largest absolute Gasteiger partial charge is 0.312 e. The van der Waals surface area contributed by atoms with Crippen molar-refractivity contribution in [2.24, 2.45) is 40.4 Å². The lowest BCUT2D eigenvalue weighted by atomic mass is 9.44. The lowest BCUT2D eigenvalue weighted by Gasteiger charge is -2.61. The van der Waals surface area contributed by atoms with Crippen molar-refractivity contribution in [3.63, 3.8) is 0 Å². The lowest BCUT2D eigenvalue weighted by molar-refractivity contribution is -0.112. The minimum absolute atomic E-state index is 0.611. The molecule has 1 nitrogen and oxygen atoms in total. The molecule has 4 saturated carbocycles. The van der Waals surface area contributed by atoms with Crippen LogP contribution in [-0.2, 0) is 0 Å². The summed E-state index contributed by atoms with van der Waals surface area (Å²) in [6, 6.07) is 1.30. The first-order valence-electron chi connectivity index (χ1n) is 11.6. The Hall–Kier alpha value is -0.0400. The molecule has 4 aliphatic rings. The fourth-order valence-corrected chi connectivity index (χ4v) is 8.80. The topological polar surface area (TPSA) is 12.0 Å². The fourth-order valence-electron chi connectivity index (χ4n) is 8.80. The summed E-state index contributed by atoms with van der Waals surface area (Å²) in [6.45, 7) is 12.5. The minimum atomic E-state index is 0.611. The fraction of sp³-hybridized carbons (Fsp3) is 1.00. The van der Waals surface area contributed by atoms with Crippen LogP contribution in [0.15, 0.2) is 0 Å². The Morgan fingerprint density at radius 2 is 1.52 bits per heavy atom. The number of hydrogen-bond acceptors (Lipinski definition) is 1. The Labute approximate surface area is 157 Å².